The maximum atomic E-state index is 5.42. The Kier molecular flexibility index (Phi) is 6.81. The van der Waals surface area contributed by atoms with Gasteiger partial charge in [0.1, 0.15) is 0 Å². The summed E-state index contributed by atoms with van der Waals surface area (Å²) in [5.41, 5.74) is 10.1. The number of nitrogens with zero attached hydrogens (tertiary/aromatic N) is 5. The second-order valence-electron chi connectivity index (χ2n) is 12.4. The van der Waals surface area contributed by atoms with Gasteiger partial charge in [0.2, 0.25) is 0 Å². The molecule has 0 bridgehead atoms. The Morgan fingerprint density at radius 1 is 0.660 bits per heavy atom. The first-order valence-corrected chi connectivity index (χ1v) is 16.5. The molecule has 4 aliphatic rings. The number of para-hydroxylation sites is 2. The Morgan fingerprint density at radius 2 is 1.45 bits per heavy atom. The van der Waals surface area contributed by atoms with Crippen LogP contribution < -0.4 is 0 Å². The molecule has 2 unspecified atom stereocenters. The normalized spacial score (nSPS) is 19.6. The van der Waals surface area contributed by atoms with Crippen molar-refractivity contribution in [3.63, 3.8) is 0 Å². The SMILES string of the molecule is C1=CCCC(c2nc(C3=CCCC=C3)nc(-c3ccc(C4=NC5C=CC=CC5c5c4c4ccccc4n5-c4ccccc4)cc3)n2)=C1. The van der Waals surface area contributed by atoms with E-state index in [2.05, 4.69) is 144 Å². The molecule has 0 saturated carbocycles. The van der Waals surface area contributed by atoms with E-state index >= 15 is 0 Å². The molecule has 2 aromatic heterocycles. The highest BCUT2D eigenvalue weighted by molar-refractivity contribution is 6.21. The monoisotopic (exact) mass is 607 g/mol. The molecular weight excluding hydrogens is 574 g/mol. The number of allylic oxidation sites excluding steroid dienone is 10. The Hall–Kier alpha value is -5.68. The highest BCUT2D eigenvalue weighted by Crippen LogP contribution is 2.43. The zero-order valence-electron chi connectivity index (χ0n) is 26.0. The molecule has 0 fully saturated rings. The van der Waals surface area contributed by atoms with Gasteiger partial charge in [-0.25, -0.2) is 15.0 Å². The molecule has 5 aromatic rings. The van der Waals surface area contributed by atoms with Gasteiger partial charge >= 0.3 is 0 Å². The van der Waals surface area contributed by atoms with Crippen LogP contribution in [0.4, 0.5) is 0 Å². The predicted octanol–water partition coefficient (Wildman–Crippen LogP) is 9.38. The minimum Gasteiger partial charge on any atom is -0.312 e. The summed E-state index contributed by atoms with van der Waals surface area (Å²) in [6, 6.07) is 28.1. The van der Waals surface area contributed by atoms with Crippen LogP contribution in [0.5, 0.6) is 0 Å². The van der Waals surface area contributed by atoms with Gasteiger partial charge in [-0.05, 0) is 49.5 Å². The number of benzene rings is 3. The number of hydrogen-bond donors (Lipinski definition) is 0. The fourth-order valence-corrected chi connectivity index (χ4v) is 7.21. The van der Waals surface area contributed by atoms with Crippen LogP contribution in [0.15, 0.2) is 145 Å². The molecule has 0 N–H and O–H groups in total. The highest BCUT2D eigenvalue weighted by Gasteiger charge is 2.35. The molecule has 0 spiro atoms. The van der Waals surface area contributed by atoms with Gasteiger partial charge in [-0.2, -0.15) is 0 Å². The van der Waals surface area contributed by atoms with Crippen LogP contribution in [-0.2, 0) is 0 Å². The third-order valence-corrected chi connectivity index (χ3v) is 9.47. The summed E-state index contributed by atoms with van der Waals surface area (Å²) in [5, 5.41) is 1.21. The summed E-state index contributed by atoms with van der Waals surface area (Å²) in [6.07, 6.45) is 25.8. The second-order valence-corrected chi connectivity index (χ2v) is 12.4. The van der Waals surface area contributed by atoms with Gasteiger partial charge in [-0.3, -0.25) is 4.99 Å². The molecule has 0 amide bonds. The van der Waals surface area contributed by atoms with Crippen LogP contribution in [0.3, 0.4) is 0 Å². The first-order chi connectivity index (χ1) is 23.3. The molecule has 226 valence electrons. The fraction of sp³-hybridized carbons (Fsp3) is 0.143. The molecule has 3 heterocycles. The van der Waals surface area contributed by atoms with E-state index in [9.17, 15) is 0 Å². The maximum Gasteiger partial charge on any atom is 0.164 e. The van der Waals surface area contributed by atoms with Crippen molar-refractivity contribution in [3.8, 4) is 17.1 Å². The zero-order chi connectivity index (χ0) is 31.2. The fourth-order valence-electron chi connectivity index (χ4n) is 7.21. The van der Waals surface area contributed by atoms with Crippen molar-refractivity contribution in [3.05, 3.63) is 168 Å². The van der Waals surface area contributed by atoms with E-state index in [4.69, 9.17) is 19.9 Å². The van der Waals surface area contributed by atoms with E-state index in [0.29, 0.717) is 5.82 Å². The first-order valence-electron chi connectivity index (χ1n) is 16.5. The minimum atomic E-state index is 0.0252. The summed E-state index contributed by atoms with van der Waals surface area (Å²) in [6.45, 7) is 0. The van der Waals surface area contributed by atoms with E-state index in [1.807, 2.05) is 0 Å². The largest absolute Gasteiger partial charge is 0.312 e. The van der Waals surface area contributed by atoms with Crippen molar-refractivity contribution in [2.45, 2.75) is 37.6 Å². The number of aromatic nitrogens is 4. The van der Waals surface area contributed by atoms with Crippen LogP contribution in [0.25, 0.3) is 39.1 Å². The Bertz CT molecular complexity index is 2240. The van der Waals surface area contributed by atoms with E-state index in [0.717, 1.165) is 71.0 Å². The molecule has 0 radical (unpaired) electrons. The van der Waals surface area contributed by atoms with E-state index in [-0.39, 0.29) is 12.0 Å². The van der Waals surface area contributed by atoms with Crippen LogP contribution in [0, 0.1) is 0 Å². The molecule has 1 aliphatic heterocycles. The average Bonchev–Trinajstić information content (AvgIpc) is 3.51. The number of rotatable bonds is 5. The molecule has 9 rings (SSSR count). The molecule has 3 aromatic carbocycles. The van der Waals surface area contributed by atoms with Crippen LogP contribution in [0.1, 0.15) is 60.1 Å². The van der Waals surface area contributed by atoms with Gasteiger partial charge in [0.15, 0.2) is 17.5 Å². The van der Waals surface area contributed by atoms with Crippen LogP contribution in [-0.4, -0.2) is 31.3 Å². The van der Waals surface area contributed by atoms with Crippen LogP contribution >= 0.6 is 0 Å². The standard InChI is InChI=1S/C42H33N5/c1-4-14-29(15-5-1)40-44-41(30-16-6-2-7-17-30)46-42(45-40)31-26-24-28(25-27-31)38-37-34-21-11-13-23-36(34)47(32-18-8-3-9-19-32)39(37)33-20-10-12-22-35(33)43-38/h1,3-4,6,8-14,16-27,33,35H,2,5,7,15H2. The molecule has 47 heavy (non-hydrogen) atoms. The zero-order valence-corrected chi connectivity index (χ0v) is 26.0. The van der Waals surface area contributed by atoms with E-state index in [1.54, 1.807) is 0 Å². The number of hydrogen-bond acceptors (Lipinski definition) is 4. The van der Waals surface area contributed by atoms with Crippen molar-refractivity contribution >= 4 is 27.8 Å². The molecule has 2 atom stereocenters. The van der Waals surface area contributed by atoms with Gasteiger partial charge in [0.25, 0.3) is 0 Å². The third-order valence-electron chi connectivity index (χ3n) is 9.47. The minimum absolute atomic E-state index is 0.0252. The lowest BCUT2D eigenvalue weighted by atomic mass is 9.83. The quantitative estimate of drug-likeness (QED) is 0.200. The van der Waals surface area contributed by atoms with Crippen molar-refractivity contribution < 1.29 is 0 Å². The van der Waals surface area contributed by atoms with Gasteiger partial charge in [-0.15, -0.1) is 0 Å². The highest BCUT2D eigenvalue weighted by atomic mass is 15.0. The molecule has 5 heteroatoms. The Morgan fingerprint density at radius 3 is 2.28 bits per heavy atom. The molecule has 0 saturated heterocycles. The van der Waals surface area contributed by atoms with Gasteiger partial charge in [0, 0.05) is 44.9 Å². The smallest absolute Gasteiger partial charge is 0.164 e. The summed E-state index contributed by atoms with van der Waals surface area (Å²) in [7, 11) is 0. The summed E-state index contributed by atoms with van der Waals surface area (Å²) < 4.78 is 2.44. The van der Waals surface area contributed by atoms with Crippen molar-refractivity contribution in [2.24, 2.45) is 4.99 Å². The lowest BCUT2D eigenvalue weighted by molar-refractivity contribution is 0.673. The lowest BCUT2D eigenvalue weighted by Crippen LogP contribution is -2.27. The lowest BCUT2D eigenvalue weighted by Gasteiger charge is -2.30. The maximum absolute atomic E-state index is 5.42. The van der Waals surface area contributed by atoms with E-state index < -0.39 is 0 Å². The predicted molar refractivity (Wildman–Crippen MR) is 192 cm³/mol. The van der Waals surface area contributed by atoms with Crippen molar-refractivity contribution in [1.82, 2.24) is 19.5 Å². The van der Waals surface area contributed by atoms with Gasteiger partial charge < -0.3 is 4.57 Å². The van der Waals surface area contributed by atoms with Crippen molar-refractivity contribution in [2.75, 3.05) is 0 Å². The second kappa shape index (κ2) is 11.6. The van der Waals surface area contributed by atoms with Gasteiger partial charge in [-0.1, -0.05) is 121 Å². The van der Waals surface area contributed by atoms with Crippen molar-refractivity contribution in [1.29, 1.82) is 0 Å². The molecular formula is C42H33N5. The summed E-state index contributed by atoms with van der Waals surface area (Å²) >= 11 is 0. The number of fused-ring (bicyclic) bond motifs is 5. The Labute approximate surface area is 274 Å². The number of aliphatic imine (C=N–C) groups is 1. The summed E-state index contributed by atoms with van der Waals surface area (Å²) in [4.78, 5) is 20.4. The molecule has 3 aliphatic carbocycles. The molecule has 5 nitrogen and oxygen atoms in total. The average molecular weight is 608 g/mol. The van der Waals surface area contributed by atoms with E-state index in [1.165, 1.54) is 22.2 Å². The van der Waals surface area contributed by atoms with Crippen LogP contribution in [0.2, 0.25) is 0 Å². The first kappa shape index (κ1) is 27.6. The third kappa shape index (κ3) is 4.86. The summed E-state index contributed by atoms with van der Waals surface area (Å²) in [5.74, 6) is 2.34. The Balaban J connectivity index is 1.18. The van der Waals surface area contributed by atoms with Gasteiger partial charge in [0.05, 0.1) is 17.3 Å². The topological polar surface area (TPSA) is 56.0 Å².